The highest BCUT2D eigenvalue weighted by Crippen LogP contribution is 2.48. The minimum atomic E-state index is -4.99. The summed E-state index contributed by atoms with van der Waals surface area (Å²) in [7, 11) is -11.7. The number of hydrogen-bond acceptors (Lipinski definition) is 25. The number of fused-ring (bicyclic) bond motifs is 4. The summed E-state index contributed by atoms with van der Waals surface area (Å²) in [5.74, 6) is -1.65. The summed E-state index contributed by atoms with van der Waals surface area (Å²) in [6.07, 6.45) is 7.20. The Balaban J connectivity index is 0.566. The predicted molar refractivity (Wildman–Crippen MR) is 417 cm³/mol. The second-order valence-electron chi connectivity index (χ2n) is 28.4. The van der Waals surface area contributed by atoms with Crippen molar-refractivity contribution in [2.45, 2.75) is 91.0 Å². The van der Waals surface area contributed by atoms with Gasteiger partial charge >= 0.3 is 12.0 Å². The van der Waals surface area contributed by atoms with E-state index in [9.17, 15) is 77.9 Å². The van der Waals surface area contributed by atoms with Gasteiger partial charge in [0.2, 0.25) is 17.8 Å². The van der Waals surface area contributed by atoms with Gasteiger partial charge in [0.15, 0.2) is 23.1 Å². The molecule has 0 unspecified atom stereocenters. The third-order valence-electron chi connectivity index (χ3n) is 21.4. The van der Waals surface area contributed by atoms with E-state index >= 15 is 0 Å². The van der Waals surface area contributed by atoms with Gasteiger partial charge in [0.05, 0.1) is 60.1 Å². The lowest BCUT2D eigenvalue weighted by molar-refractivity contribution is 0.102. The van der Waals surface area contributed by atoms with Crippen molar-refractivity contribution in [2.24, 2.45) is 25.9 Å². The zero-order valence-corrected chi connectivity index (χ0v) is 62.4. The molecule has 2 fully saturated rings. The van der Waals surface area contributed by atoms with Gasteiger partial charge in [-0.1, -0.05) is 91.0 Å². The fourth-order valence-corrected chi connectivity index (χ4v) is 18.0. The number of carbonyl (C=O) groups excluding carboxylic acids is 4. The SMILES string of the molecule is Cn1c(=O)c(C(=O)c2ccccc2)c2c3c(c(Nc4ccc(S(=O)(=O)O)c(Cc5nc(O)nc(NC6CCC(CC7CCC(Nc8nc(O)nc(Nc9ccc(S(=O)(=O)O)c(Nc%10ccc%11c%12c%10C(=O)c%10ccccc%10-c%12c(C(=O)c%10cccc(S(=O)(=O)O)c%10)c(=O)n%11C)c9)n8)CC7)CC6)n5)c4)ccc31)C(=O)c1ccccc1-2. The molecule has 8 aromatic carbocycles. The molecule has 0 spiro atoms. The number of aromatic nitrogens is 8. The maximum Gasteiger partial charge on any atom is 0.320 e. The van der Waals surface area contributed by atoms with Crippen molar-refractivity contribution in [3.63, 3.8) is 0 Å². The van der Waals surface area contributed by atoms with Crippen molar-refractivity contribution in [2.75, 3.05) is 26.6 Å². The molecule has 113 heavy (non-hydrogen) atoms. The number of nitrogens with zero attached hydrogens (tertiary/aromatic N) is 8. The molecular weight excluding hydrogens is 1510 g/mol. The number of nitrogens with one attached hydrogen (secondary N) is 5. The number of anilines is 8. The second-order valence-corrected chi connectivity index (χ2v) is 32.6. The Morgan fingerprint density at radius 3 is 1.44 bits per heavy atom. The van der Waals surface area contributed by atoms with Crippen LogP contribution in [0, 0.1) is 11.8 Å². The topological polar surface area (TPSA) is 453 Å². The van der Waals surface area contributed by atoms with Gasteiger partial charge in [-0.3, -0.25) is 42.4 Å². The highest BCUT2D eigenvalue weighted by atomic mass is 32.2. The molecule has 4 heterocycles. The van der Waals surface area contributed by atoms with E-state index in [1.54, 1.807) is 84.9 Å². The molecular formula is C80H67N13O17S3. The van der Waals surface area contributed by atoms with E-state index < -0.39 is 91.1 Å². The van der Waals surface area contributed by atoms with Gasteiger partial charge in [-0.15, -0.1) is 0 Å². The van der Waals surface area contributed by atoms with Crippen LogP contribution < -0.4 is 37.7 Å². The molecule has 572 valence electrons. The first-order chi connectivity index (χ1) is 54.0. The van der Waals surface area contributed by atoms with E-state index in [1.807, 2.05) is 0 Å². The van der Waals surface area contributed by atoms with Crippen LogP contribution in [0.3, 0.4) is 0 Å². The van der Waals surface area contributed by atoms with E-state index in [0.717, 1.165) is 80.6 Å². The summed E-state index contributed by atoms with van der Waals surface area (Å²) < 4.78 is 110. The van der Waals surface area contributed by atoms with Crippen molar-refractivity contribution in [1.82, 2.24) is 39.0 Å². The molecule has 0 saturated heterocycles. The maximum absolute atomic E-state index is 14.8. The fourth-order valence-electron chi connectivity index (χ4n) is 16.2. The average molecular weight is 1580 g/mol. The van der Waals surface area contributed by atoms with Gasteiger partial charge in [0, 0.05) is 88.1 Å². The Bertz CT molecular complexity index is 6580. The number of aromatic hydroxyl groups is 2. The van der Waals surface area contributed by atoms with Crippen LogP contribution in [0.1, 0.15) is 133 Å². The third kappa shape index (κ3) is 14.2. The molecule has 4 aliphatic rings. The number of aryl methyl sites for hydroxylation is 2. The quantitative estimate of drug-likeness (QED) is 0.0236. The van der Waals surface area contributed by atoms with Gasteiger partial charge < -0.3 is 45.9 Å². The monoisotopic (exact) mass is 1580 g/mol. The number of hydrogen-bond donors (Lipinski definition) is 10. The molecule has 30 nitrogen and oxygen atoms in total. The number of benzene rings is 8. The number of carbonyl (C=O) groups is 4. The summed E-state index contributed by atoms with van der Waals surface area (Å²) >= 11 is 0. The second kappa shape index (κ2) is 28.8. The van der Waals surface area contributed by atoms with Crippen molar-refractivity contribution in [3.8, 4) is 34.3 Å². The van der Waals surface area contributed by atoms with Crippen molar-refractivity contribution in [1.29, 1.82) is 0 Å². The Morgan fingerprint density at radius 2 is 0.903 bits per heavy atom. The van der Waals surface area contributed by atoms with E-state index in [-0.39, 0.29) is 143 Å². The summed E-state index contributed by atoms with van der Waals surface area (Å²) in [6.45, 7) is 0. The average Bonchev–Trinajstić information content (AvgIpc) is 0.712. The van der Waals surface area contributed by atoms with Crippen LogP contribution >= 0.6 is 0 Å². The van der Waals surface area contributed by atoms with Gasteiger partial charge in [-0.05, 0) is 159 Å². The fraction of sp³-hybridized carbons (Fsp3) is 0.200. The first kappa shape index (κ1) is 74.3. The van der Waals surface area contributed by atoms with Gasteiger partial charge in [-0.25, -0.2) is 0 Å². The summed E-state index contributed by atoms with van der Waals surface area (Å²) in [6, 6.07) is 38.3. The zero-order valence-electron chi connectivity index (χ0n) is 59.9. The molecule has 33 heteroatoms. The van der Waals surface area contributed by atoms with Crippen LogP contribution in [0.25, 0.3) is 44.1 Å². The standard InChI is InChI=1S/C80H67N13O17S3/c1-92-57-31-29-54(64-66(57)62(50-15-6-8-17-52(50)72(64)96)68(74(92)98)70(94)42-11-4-3-5-12-42)81-47-27-33-59(112(105,106)107)44(36-47)38-61-86-76(89-79(100)87-61)82-45-23-19-40(20-24-45)35-41-21-25-46(26-22-41)83-77-88-78(91-80(101)90-77)84-48-28-34-60(113(108,109)110)56(39-48)85-55-30-32-58-67-63(51-16-7-9-18-53(51)73(97)65(55)67)69(75(99)93(58)2)71(95)43-13-10-14-49(37-43)111(102,103)104/h3-18,27-34,36-37,39-41,45-46,81,85H,19-26,35,38H2,1-2H3,(H,102,103,104)(H,105,106,107)(H,108,109,110)(H2,82,86,87,89,100)(H3,83,84,88,90,91,101). The van der Waals surface area contributed by atoms with Gasteiger partial charge in [0.25, 0.3) is 41.5 Å². The third-order valence-corrected chi connectivity index (χ3v) is 24.1. The molecule has 10 N–H and O–H groups in total. The van der Waals surface area contributed by atoms with Gasteiger partial charge in [0.1, 0.15) is 10.7 Å². The van der Waals surface area contributed by atoms with Crippen LogP contribution in [0.5, 0.6) is 12.0 Å². The van der Waals surface area contributed by atoms with Crippen LogP contribution in [-0.2, 0) is 50.9 Å². The smallest absolute Gasteiger partial charge is 0.320 e. The summed E-state index contributed by atoms with van der Waals surface area (Å²) in [4.78, 5) is 111. The summed E-state index contributed by atoms with van der Waals surface area (Å²) in [5, 5.41) is 38.0. The van der Waals surface area contributed by atoms with Crippen LogP contribution in [0.2, 0.25) is 0 Å². The van der Waals surface area contributed by atoms with Gasteiger partial charge in [-0.2, -0.15) is 55.2 Å². The Hall–Kier alpha value is -12.8. The highest BCUT2D eigenvalue weighted by molar-refractivity contribution is 7.86. The number of pyridine rings is 2. The molecule has 2 saturated carbocycles. The van der Waals surface area contributed by atoms with E-state index in [2.05, 4.69) is 56.5 Å². The normalized spacial score (nSPS) is 16.6. The van der Waals surface area contributed by atoms with Crippen molar-refractivity contribution < 1.29 is 68.3 Å². The zero-order chi connectivity index (χ0) is 79.3. The highest BCUT2D eigenvalue weighted by Gasteiger charge is 2.38. The van der Waals surface area contributed by atoms with E-state index in [1.165, 1.54) is 79.3 Å². The maximum atomic E-state index is 14.8. The first-order valence-corrected chi connectivity index (χ1v) is 40.2. The molecule has 4 aromatic heterocycles. The number of ketones is 4. The molecule has 0 bridgehead atoms. The van der Waals surface area contributed by atoms with Crippen LogP contribution in [-0.4, -0.2) is 123 Å². The molecule has 16 rings (SSSR count). The Morgan fingerprint density at radius 1 is 0.434 bits per heavy atom. The Kier molecular flexibility index (Phi) is 19.0. The molecule has 0 aliphatic heterocycles. The lowest BCUT2D eigenvalue weighted by Crippen LogP contribution is -2.30. The van der Waals surface area contributed by atoms with Crippen molar-refractivity contribution in [3.05, 3.63) is 240 Å². The molecule has 4 aliphatic carbocycles. The largest absolute Gasteiger partial charge is 0.479 e. The van der Waals surface area contributed by atoms with Crippen LogP contribution in [0.15, 0.2) is 188 Å². The number of rotatable bonds is 21. The summed E-state index contributed by atoms with van der Waals surface area (Å²) in [5.41, 5.74) is 0.608. The molecule has 0 radical (unpaired) electrons. The van der Waals surface area contributed by atoms with E-state index in [0.29, 0.717) is 33.9 Å². The predicted octanol–water partition coefficient (Wildman–Crippen LogP) is 11.6. The molecule has 0 atom stereocenters. The molecule has 12 aromatic rings. The minimum absolute atomic E-state index is 0.00995. The molecule has 0 amide bonds. The minimum Gasteiger partial charge on any atom is -0.479 e. The van der Waals surface area contributed by atoms with Crippen molar-refractivity contribution >= 4 is 122 Å². The lowest BCUT2D eigenvalue weighted by atomic mass is 9.75. The van der Waals surface area contributed by atoms with E-state index in [4.69, 9.17) is 0 Å². The Labute approximate surface area is 643 Å². The lowest BCUT2D eigenvalue weighted by Gasteiger charge is -2.34. The first-order valence-electron chi connectivity index (χ1n) is 35.9. The van der Waals surface area contributed by atoms with Crippen LogP contribution in [0.4, 0.5) is 46.3 Å².